The zero-order valence-corrected chi connectivity index (χ0v) is 12.4. The quantitative estimate of drug-likeness (QED) is 0.854. The average Bonchev–Trinajstić information content (AvgIpc) is 2.67. The van der Waals surface area contributed by atoms with Crippen LogP contribution in [0.5, 0.6) is 0 Å². The van der Waals surface area contributed by atoms with Crippen molar-refractivity contribution in [3.05, 3.63) is 29.8 Å². The summed E-state index contributed by atoms with van der Waals surface area (Å²) in [6.07, 6.45) is 0. The van der Waals surface area contributed by atoms with Gasteiger partial charge in [0, 0.05) is 5.69 Å². The average molecular weight is 289 g/mol. The van der Waals surface area contributed by atoms with Gasteiger partial charge in [0.05, 0.1) is 6.61 Å². The van der Waals surface area contributed by atoms with E-state index < -0.39 is 12.0 Å². The van der Waals surface area contributed by atoms with E-state index in [1.54, 1.807) is 13.8 Å². The fraction of sp³-hybridized carbons (Fsp3) is 0.400. The van der Waals surface area contributed by atoms with Crippen LogP contribution in [0.4, 0.5) is 5.69 Å². The second-order valence-corrected chi connectivity index (χ2v) is 4.85. The van der Waals surface area contributed by atoms with E-state index in [0.717, 1.165) is 11.3 Å². The summed E-state index contributed by atoms with van der Waals surface area (Å²) in [5.41, 5.74) is 1.92. The molecular weight excluding hydrogens is 270 g/mol. The highest BCUT2D eigenvalue weighted by molar-refractivity contribution is 6.11. The van der Waals surface area contributed by atoms with Gasteiger partial charge in [-0.15, -0.1) is 0 Å². The van der Waals surface area contributed by atoms with E-state index in [1.807, 2.05) is 31.2 Å². The van der Waals surface area contributed by atoms with Gasteiger partial charge in [-0.25, -0.2) is 4.99 Å². The van der Waals surface area contributed by atoms with Gasteiger partial charge in [-0.2, -0.15) is 0 Å². The molecule has 1 N–H and O–H groups in total. The van der Waals surface area contributed by atoms with Crippen molar-refractivity contribution in [3.63, 3.8) is 0 Å². The molecule has 1 atom stereocenters. The highest BCUT2D eigenvalue weighted by Crippen LogP contribution is 2.15. The topological polar surface area (TPSA) is 71.0 Å². The minimum Gasteiger partial charge on any atom is -0.465 e. The Morgan fingerprint density at radius 3 is 2.90 bits per heavy atom. The predicted octanol–water partition coefficient (Wildman–Crippen LogP) is 1.56. The van der Waals surface area contributed by atoms with Crippen LogP contribution < -0.4 is 5.32 Å². The first-order chi connectivity index (χ1) is 10.0. The Morgan fingerprint density at radius 2 is 2.24 bits per heavy atom. The molecule has 1 aromatic rings. The van der Waals surface area contributed by atoms with Gasteiger partial charge in [-0.05, 0) is 38.5 Å². The lowest BCUT2D eigenvalue weighted by Gasteiger charge is -2.18. The molecule has 0 spiro atoms. The number of esters is 1. The summed E-state index contributed by atoms with van der Waals surface area (Å²) < 4.78 is 4.89. The molecule has 2 rings (SSSR count). The van der Waals surface area contributed by atoms with Crippen LogP contribution in [0.15, 0.2) is 29.3 Å². The Hall–Kier alpha value is -2.37. The summed E-state index contributed by atoms with van der Waals surface area (Å²) in [7, 11) is 0. The van der Waals surface area contributed by atoms with Crippen LogP contribution in [-0.2, 0) is 14.3 Å². The fourth-order valence-corrected chi connectivity index (χ4v) is 2.08. The SMILES string of the molecule is CCOC(=O)CN1C(=O)[C@H](C)N=C1Nc1cccc(C)c1. The Bertz CT molecular complexity index is 583. The molecule has 0 aromatic heterocycles. The third kappa shape index (κ3) is 3.59. The number of amides is 1. The predicted molar refractivity (Wildman–Crippen MR) is 80.0 cm³/mol. The van der Waals surface area contributed by atoms with Crippen LogP contribution in [0.25, 0.3) is 0 Å². The number of aliphatic imine (C=N–C) groups is 1. The number of hydrogen-bond donors (Lipinski definition) is 1. The molecule has 6 heteroatoms. The van der Waals surface area contributed by atoms with Gasteiger partial charge < -0.3 is 10.1 Å². The number of ether oxygens (including phenoxy) is 1. The van der Waals surface area contributed by atoms with E-state index in [0.29, 0.717) is 5.96 Å². The molecule has 6 nitrogen and oxygen atoms in total. The molecule has 21 heavy (non-hydrogen) atoms. The number of nitrogens with zero attached hydrogens (tertiary/aromatic N) is 2. The smallest absolute Gasteiger partial charge is 0.326 e. The van der Waals surface area contributed by atoms with E-state index >= 15 is 0 Å². The van der Waals surface area contributed by atoms with E-state index in [1.165, 1.54) is 4.90 Å². The monoisotopic (exact) mass is 289 g/mol. The maximum absolute atomic E-state index is 12.1. The van der Waals surface area contributed by atoms with E-state index in [2.05, 4.69) is 10.3 Å². The first-order valence-electron chi connectivity index (χ1n) is 6.89. The van der Waals surface area contributed by atoms with Gasteiger partial charge in [-0.1, -0.05) is 12.1 Å². The lowest BCUT2D eigenvalue weighted by atomic mass is 10.2. The molecule has 1 aromatic carbocycles. The number of rotatable bonds is 4. The van der Waals surface area contributed by atoms with Crippen LogP contribution in [0.1, 0.15) is 19.4 Å². The number of benzene rings is 1. The number of anilines is 1. The Kier molecular flexibility index (Phi) is 4.57. The molecule has 1 aliphatic rings. The summed E-state index contributed by atoms with van der Waals surface area (Å²) >= 11 is 0. The standard InChI is InChI=1S/C15H19N3O3/c1-4-21-13(19)9-18-14(20)11(3)16-15(18)17-12-7-5-6-10(2)8-12/h5-8,11H,4,9H2,1-3H3,(H,16,17)/t11-/m0/s1. The largest absolute Gasteiger partial charge is 0.465 e. The summed E-state index contributed by atoms with van der Waals surface area (Å²) in [5, 5.41) is 3.09. The second kappa shape index (κ2) is 6.39. The van der Waals surface area contributed by atoms with Crippen LogP contribution in [-0.4, -0.2) is 41.9 Å². The highest BCUT2D eigenvalue weighted by atomic mass is 16.5. The molecule has 112 valence electrons. The number of nitrogens with one attached hydrogen (secondary N) is 1. The molecule has 0 saturated heterocycles. The van der Waals surface area contributed by atoms with Gasteiger partial charge in [-0.3, -0.25) is 14.5 Å². The number of carbonyl (C=O) groups excluding carboxylic acids is 2. The number of carbonyl (C=O) groups is 2. The van der Waals surface area contributed by atoms with Crippen molar-refractivity contribution in [1.82, 2.24) is 4.90 Å². The number of guanidine groups is 1. The van der Waals surface area contributed by atoms with Crippen molar-refractivity contribution >= 4 is 23.5 Å². The molecule has 0 aliphatic carbocycles. The van der Waals surface area contributed by atoms with Crippen LogP contribution in [0.3, 0.4) is 0 Å². The third-order valence-corrected chi connectivity index (χ3v) is 3.06. The summed E-state index contributed by atoms with van der Waals surface area (Å²) in [5.74, 6) is -0.275. The highest BCUT2D eigenvalue weighted by Gasteiger charge is 2.33. The Labute approximate surface area is 123 Å². The number of aryl methyl sites for hydroxylation is 1. The zero-order valence-electron chi connectivity index (χ0n) is 12.4. The van der Waals surface area contributed by atoms with Crippen molar-refractivity contribution in [2.24, 2.45) is 4.99 Å². The minimum absolute atomic E-state index is 0.130. The van der Waals surface area contributed by atoms with Crippen molar-refractivity contribution in [3.8, 4) is 0 Å². The zero-order chi connectivity index (χ0) is 15.4. The summed E-state index contributed by atoms with van der Waals surface area (Å²) in [6.45, 7) is 5.56. The van der Waals surface area contributed by atoms with Crippen molar-refractivity contribution in [2.45, 2.75) is 26.8 Å². The summed E-state index contributed by atoms with van der Waals surface area (Å²) in [6, 6.07) is 7.22. The molecule has 1 amide bonds. The van der Waals surface area contributed by atoms with E-state index in [4.69, 9.17) is 4.74 Å². The lowest BCUT2D eigenvalue weighted by Crippen LogP contribution is -2.42. The molecule has 0 fully saturated rings. The normalized spacial score (nSPS) is 17.7. The molecule has 0 unspecified atom stereocenters. The van der Waals surface area contributed by atoms with Gasteiger partial charge in [0.2, 0.25) is 5.96 Å². The summed E-state index contributed by atoms with van der Waals surface area (Å²) in [4.78, 5) is 29.3. The Balaban J connectivity index is 2.13. The van der Waals surface area contributed by atoms with Crippen LogP contribution in [0, 0.1) is 6.92 Å². The molecule has 1 aliphatic heterocycles. The van der Waals surface area contributed by atoms with Crippen molar-refractivity contribution in [2.75, 3.05) is 18.5 Å². The van der Waals surface area contributed by atoms with Crippen LogP contribution in [0.2, 0.25) is 0 Å². The van der Waals surface area contributed by atoms with Gasteiger partial charge >= 0.3 is 5.97 Å². The van der Waals surface area contributed by atoms with E-state index in [9.17, 15) is 9.59 Å². The number of hydrogen-bond acceptors (Lipinski definition) is 5. The maximum atomic E-state index is 12.1. The van der Waals surface area contributed by atoms with E-state index in [-0.39, 0.29) is 19.1 Å². The van der Waals surface area contributed by atoms with Crippen LogP contribution >= 0.6 is 0 Å². The Morgan fingerprint density at radius 1 is 1.48 bits per heavy atom. The van der Waals surface area contributed by atoms with Gasteiger partial charge in [0.25, 0.3) is 5.91 Å². The molecule has 0 bridgehead atoms. The first-order valence-corrected chi connectivity index (χ1v) is 6.89. The van der Waals surface area contributed by atoms with Gasteiger partial charge in [0.15, 0.2) is 0 Å². The minimum atomic E-state index is -0.494. The molecule has 0 radical (unpaired) electrons. The third-order valence-electron chi connectivity index (χ3n) is 3.06. The first kappa shape index (κ1) is 15.0. The van der Waals surface area contributed by atoms with Crippen molar-refractivity contribution < 1.29 is 14.3 Å². The van der Waals surface area contributed by atoms with Gasteiger partial charge in [0.1, 0.15) is 12.6 Å². The molecular formula is C15H19N3O3. The maximum Gasteiger partial charge on any atom is 0.326 e. The lowest BCUT2D eigenvalue weighted by molar-refractivity contribution is -0.146. The second-order valence-electron chi connectivity index (χ2n) is 4.85. The fourth-order valence-electron chi connectivity index (χ4n) is 2.08. The van der Waals surface area contributed by atoms with Crippen molar-refractivity contribution in [1.29, 1.82) is 0 Å². The molecule has 0 saturated carbocycles. The molecule has 1 heterocycles.